The Morgan fingerprint density at radius 3 is 2.72 bits per heavy atom. The van der Waals surface area contributed by atoms with Gasteiger partial charge in [-0.3, -0.25) is 15.5 Å². The highest BCUT2D eigenvalue weighted by Gasteiger charge is 2.33. The Hall–Kier alpha value is -3.81. The van der Waals surface area contributed by atoms with Crippen molar-refractivity contribution in [2.24, 2.45) is 5.92 Å². The Bertz CT molecular complexity index is 1340. The molecule has 2 aromatic heterocycles. The second-order valence-corrected chi connectivity index (χ2v) is 10.2. The summed E-state index contributed by atoms with van der Waals surface area (Å²) in [4.78, 5) is 26.2. The molecule has 2 unspecified atom stereocenters. The summed E-state index contributed by atoms with van der Waals surface area (Å²) in [7, 11) is 1.82. The highest BCUT2D eigenvalue weighted by molar-refractivity contribution is 6.13. The summed E-state index contributed by atoms with van der Waals surface area (Å²) in [5, 5.41) is 34.7. The van der Waals surface area contributed by atoms with E-state index in [1.54, 1.807) is 18.0 Å². The van der Waals surface area contributed by atoms with Gasteiger partial charge in [-0.05, 0) is 24.0 Å². The zero-order valence-electron chi connectivity index (χ0n) is 21.2. The Morgan fingerprint density at radius 2 is 2.08 bits per heavy atom. The maximum absolute atomic E-state index is 12.6. The number of H-pyrrole nitrogens is 1. The summed E-state index contributed by atoms with van der Waals surface area (Å²) in [6, 6.07) is 7.46. The number of likely N-dealkylation sites (tertiary alicyclic amines) is 1. The summed E-state index contributed by atoms with van der Waals surface area (Å²) in [5.41, 5.74) is 4.53. The van der Waals surface area contributed by atoms with Crippen LogP contribution in [0.3, 0.4) is 0 Å². The molecule has 3 heterocycles. The van der Waals surface area contributed by atoms with Crippen LogP contribution in [0.15, 0.2) is 30.6 Å². The minimum atomic E-state index is -1.18. The number of carbonyl (C=O) groups excluding carboxylic acids is 1. The topological polar surface area (TPSA) is 154 Å². The SMILES string of the molecule is CNc1cc(C(C)(C)C)ccc1C(=N)c1cnc2[nH]cc(C(O)NC(C)C(=O)N3CC(C#N)C3)c2n1. The third-order valence-electron chi connectivity index (χ3n) is 6.54. The minimum absolute atomic E-state index is 0.0280. The van der Waals surface area contributed by atoms with Gasteiger partial charge in [-0.2, -0.15) is 5.26 Å². The van der Waals surface area contributed by atoms with Crippen LogP contribution >= 0.6 is 0 Å². The lowest BCUT2D eigenvalue weighted by Crippen LogP contribution is -2.55. The molecule has 5 N–H and O–H groups in total. The predicted octanol–water partition coefficient (Wildman–Crippen LogP) is 2.66. The van der Waals surface area contributed by atoms with Gasteiger partial charge in [0.25, 0.3) is 0 Å². The van der Waals surface area contributed by atoms with Crippen molar-refractivity contribution in [1.29, 1.82) is 10.7 Å². The zero-order valence-corrected chi connectivity index (χ0v) is 21.2. The standard InChI is InChI=1S/C26H32N8O2/c1-14(25(36)34-12-15(9-27)13-34)32-24(35)18-10-30-23-22(18)33-20(11-31-23)21(28)17-7-6-16(26(2,3)4)8-19(17)29-5/h6-8,10-11,14-15,24,28-29,32,35H,12-13H2,1-5H3,(H,30,31). The quantitative estimate of drug-likeness (QED) is 0.253. The second kappa shape index (κ2) is 9.68. The molecule has 1 aliphatic heterocycles. The molecule has 0 radical (unpaired) electrons. The fourth-order valence-corrected chi connectivity index (χ4v) is 4.22. The number of hydrogen-bond donors (Lipinski definition) is 5. The number of fused-ring (bicyclic) bond motifs is 1. The number of nitriles is 1. The minimum Gasteiger partial charge on any atom is -0.388 e. The maximum atomic E-state index is 12.6. The molecule has 10 heteroatoms. The van der Waals surface area contributed by atoms with E-state index in [0.29, 0.717) is 41.1 Å². The van der Waals surface area contributed by atoms with E-state index in [1.807, 2.05) is 25.2 Å². The smallest absolute Gasteiger partial charge is 0.239 e. The number of nitrogens with one attached hydrogen (secondary N) is 4. The van der Waals surface area contributed by atoms with Crippen molar-refractivity contribution in [3.63, 3.8) is 0 Å². The van der Waals surface area contributed by atoms with Gasteiger partial charge in [0.1, 0.15) is 17.4 Å². The van der Waals surface area contributed by atoms with Crippen molar-refractivity contribution in [1.82, 2.24) is 25.2 Å². The highest BCUT2D eigenvalue weighted by atomic mass is 16.3. The van der Waals surface area contributed by atoms with Crippen molar-refractivity contribution in [3.8, 4) is 6.07 Å². The first-order valence-electron chi connectivity index (χ1n) is 11.9. The first-order valence-corrected chi connectivity index (χ1v) is 11.9. The largest absolute Gasteiger partial charge is 0.388 e. The highest BCUT2D eigenvalue weighted by Crippen LogP contribution is 2.29. The number of hydrogen-bond acceptors (Lipinski definition) is 8. The predicted molar refractivity (Wildman–Crippen MR) is 138 cm³/mol. The molecule has 0 aliphatic carbocycles. The van der Waals surface area contributed by atoms with E-state index in [2.05, 4.69) is 52.4 Å². The molecule has 188 valence electrons. The molecule has 1 saturated heterocycles. The number of nitrogens with zero attached hydrogens (tertiary/aromatic N) is 4. The summed E-state index contributed by atoms with van der Waals surface area (Å²) in [6.07, 6.45) is 1.95. The molecule has 2 atom stereocenters. The van der Waals surface area contributed by atoms with Crippen molar-refractivity contribution in [2.45, 2.75) is 45.4 Å². The fourth-order valence-electron chi connectivity index (χ4n) is 4.22. The van der Waals surface area contributed by atoms with E-state index >= 15 is 0 Å². The number of benzene rings is 1. The number of anilines is 1. The summed E-state index contributed by atoms with van der Waals surface area (Å²) in [6.45, 7) is 8.91. The monoisotopic (exact) mass is 488 g/mol. The van der Waals surface area contributed by atoms with Crippen molar-refractivity contribution in [2.75, 3.05) is 25.5 Å². The van der Waals surface area contributed by atoms with Gasteiger partial charge < -0.3 is 20.3 Å². The molecule has 1 fully saturated rings. The van der Waals surface area contributed by atoms with E-state index in [1.165, 1.54) is 6.20 Å². The normalized spacial score (nSPS) is 15.8. The van der Waals surface area contributed by atoms with E-state index in [4.69, 9.17) is 10.7 Å². The first kappa shape index (κ1) is 25.3. The first-order chi connectivity index (χ1) is 17.0. The van der Waals surface area contributed by atoms with Crippen LogP contribution < -0.4 is 10.6 Å². The number of amides is 1. The summed E-state index contributed by atoms with van der Waals surface area (Å²) < 4.78 is 0. The molecule has 10 nitrogen and oxygen atoms in total. The van der Waals surface area contributed by atoms with Crippen LogP contribution in [0.1, 0.15) is 56.3 Å². The molecular weight excluding hydrogens is 456 g/mol. The van der Waals surface area contributed by atoms with Crippen LogP contribution in [-0.2, 0) is 10.2 Å². The Balaban J connectivity index is 1.56. The van der Waals surface area contributed by atoms with Crippen LogP contribution in [0.2, 0.25) is 0 Å². The summed E-state index contributed by atoms with van der Waals surface area (Å²) in [5.74, 6) is -0.302. The van der Waals surface area contributed by atoms with Gasteiger partial charge in [-0.15, -0.1) is 0 Å². The number of aliphatic hydroxyl groups is 1. The number of rotatable bonds is 7. The molecule has 1 amide bonds. The third kappa shape index (κ3) is 4.80. The van der Waals surface area contributed by atoms with E-state index < -0.39 is 12.3 Å². The van der Waals surface area contributed by atoms with Crippen LogP contribution in [0.4, 0.5) is 5.69 Å². The Kier molecular flexibility index (Phi) is 6.80. The molecule has 0 spiro atoms. The molecule has 3 aromatic rings. The molecule has 1 aliphatic rings. The van der Waals surface area contributed by atoms with E-state index in [9.17, 15) is 9.90 Å². The van der Waals surface area contributed by atoms with Crippen LogP contribution in [0, 0.1) is 22.7 Å². The van der Waals surface area contributed by atoms with Crippen molar-refractivity contribution < 1.29 is 9.90 Å². The number of aromatic nitrogens is 3. The van der Waals surface area contributed by atoms with E-state index in [0.717, 1.165) is 11.3 Å². The van der Waals surface area contributed by atoms with Crippen LogP contribution in [0.25, 0.3) is 11.2 Å². The lowest BCUT2D eigenvalue weighted by molar-refractivity contribution is -0.139. The van der Waals surface area contributed by atoms with Gasteiger partial charge in [0.15, 0.2) is 5.65 Å². The molecule has 36 heavy (non-hydrogen) atoms. The average molecular weight is 489 g/mol. The Morgan fingerprint density at radius 1 is 1.36 bits per heavy atom. The van der Waals surface area contributed by atoms with Gasteiger partial charge in [0.2, 0.25) is 5.91 Å². The molecule has 1 aromatic carbocycles. The van der Waals surface area contributed by atoms with Gasteiger partial charge in [0.05, 0.1) is 29.9 Å². The van der Waals surface area contributed by atoms with Crippen molar-refractivity contribution >= 4 is 28.5 Å². The third-order valence-corrected chi connectivity index (χ3v) is 6.54. The molecule has 4 rings (SSSR count). The van der Waals surface area contributed by atoms with Crippen molar-refractivity contribution in [3.05, 3.63) is 53.0 Å². The molecule has 0 bridgehead atoms. The van der Waals surface area contributed by atoms with Gasteiger partial charge in [-0.1, -0.05) is 32.9 Å². The maximum Gasteiger partial charge on any atom is 0.239 e. The Labute approximate surface area is 210 Å². The number of aliphatic hydroxyl groups excluding tert-OH is 1. The number of carbonyl (C=O) groups is 1. The van der Waals surface area contributed by atoms with Gasteiger partial charge in [0, 0.05) is 43.1 Å². The zero-order chi connectivity index (χ0) is 26.2. The molecule has 0 saturated carbocycles. The van der Waals surface area contributed by atoms with Crippen LogP contribution in [-0.4, -0.2) is 62.8 Å². The average Bonchev–Trinajstić information content (AvgIpc) is 3.25. The fraction of sp³-hybridized carbons (Fsp3) is 0.423. The van der Waals surface area contributed by atoms with E-state index in [-0.39, 0.29) is 23.0 Å². The lowest BCUT2D eigenvalue weighted by atomic mass is 9.85. The van der Waals surface area contributed by atoms with Gasteiger partial charge in [-0.25, -0.2) is 9.97 Å². The van der Waals surface area contributed by atoms with Crippen LogP contribution in [0.5, 0.6) is 0 Å². The molecular formula is C26H32N8O2. The van der Waals surface area contributed by atoms with Gasteiger partial charge >= 0.3 is 0 Å². The summed E-state index contributed by atoms with van der Waals surface area (Å²) >= 11 is 0. The number of aromatic amines is 1. The lowest BCUT2D eigenvalue weighted by Gasteiger charge is -2.37. The second-order valence-electron chi connectivity index (χ2n) is 10.2.